The van der Waals surface area contributed by atoms with Crippen LogP contribution in [0.2, 0.25) is 0 Å². The summed E-state index contributed by atoms with van der Waals surface area (Å²) in [5.41, 5.74) is 1.34. The number of hydrogen-bond acceptors (Lipinski definition) is 3. The Hall–Kier alpha value is -1.62. The highest BCUT2D eigenvalue weighted by Crippen LogP contribution is 2.22. The molecule has 2 N–H and O–H groups in total. The summed E-state index contributed by atoms with van der Waals surface area (Å²) >= 11 is 0. The molecule has 0 heterocycles. The van der Waals surface area contributed by atoms with Crippen molar-refractivity contribution in [2.45, 2.75) is 27.3 Å². The van der Waals surface area contributed by atoms with Crippen LogP contribution < -0.4 is 15.5 Å². The Bertz CT molecular complexity index is 463. The van der Waals surface area contributed by atoms with Gasteiger partial charge in [-0.05, 0) is 24.6 Å². The maximum atomic E-state index is 14.0. The molecule has 0 aliphatic rings. The highest BCUT2D eigenvalue weighted by Gasteiger charge is 2.14. The van der Waals surface area contributed by atoms with E-state index in [4.69, 9.17) is 0 Å². The topological polar surface area (TPSA) is 44.4 Å². The minimum Gasteiger partial charge on any atom is -0.365 e. The molecule has 4 nitrogen and oxygen atoms in total. The minimum absolute atomic E-state index is 0.0511. The third-order valence-corrected chi connectivity index (χ3v) is 3.15. The Morgan fingerprint density at radius 2 is 2.10 bits per heavy atom. The number of nitrogens with zero attached hydrogens (tertiary/aromatic N) is 1. The quantitative estimate of drug-likeness (QED) is 0.772. The smallest absolute Gasteiger partial charge is 0.239 e. The maximum absolute atomic E-state index is 14.0. The van der Waals surface area contributed by atoms with Gasteiger partial charge in [-0.15, -0.1) is 0 Å². The molecule has 1 aromatic rings. The van der Waals surface area contributed by atoms with Crippen molar-refractivity contribution in [3.05, 3.63) is 29.6 Å². The van der Waals surface area contributed by atoms with Crippen molar-refractivity contribution in [2.24, 2.45) is 5.92 Å². The highest BCUT2D eigenvalue weighted by atomic mass is 19.1. The van der Waals surface area contributed by atoms with Crippen molar-refractivity contribution in [1.29, 1.82) is 0 Å². The fourth-order valence-corrected chi connectivity index (χ4v) is 2.00. The molecule has 0 aliphatic carbocycles. The standard InChI is InChI=1S/C16H26FN3O/c1-5-18-10-13-14(17)7-6-8-15(13)20(4)11-16(21)19-9-12(2)3/h6-8,12,18H,5,9-11H2,1-4H3,(H,19,21). The van der Waals surface area contributed by atoms with Crippen LogP contribution in [0, 0.1) is 11.7 Å². The van der Waals surface area contributed by atoms with Gasteiger partial charge in [0, 0.05) is 31.4 Å². The van der Waals surface area contributed by atoms with E-state index in [1.54, 1.807) is 18.0 Å². The molecule has 1 amide bonds. The zero-order chi connectivity index (χ0) is 15.8. The molecule has 0 saturated carbocycles. The van der Waals surface area contributed by atoms with Crippen LogP contribution >= 0.6 is 0 Å². The van der Waals surface area contributed by atoms with E-state index < -0.39 is 0 Å². The number of carbonyl (C=O) groups excluding carboxylic acids is 1. The molecule has 0 unspecified atom stereocenters. The Morgan fingerprint density at radius 3 is 2.71 bits per heavy atom. The number of carbonyl (C=O) groups is 1. The van der Waals surface area contributed by atoms with Gasteiger partial charge in [0.2, 0.25) is 5.91 Å². The van der Waals surface area contributed by atoms with Gasteiger partial charge in [0.15, 0.2) is 0 Å². The van der Waals surface area contributed by atoms with Gasteiger partial charge in [-0.1, -0.05) is 26.8 Å². The van der Waals surface area contributed by atoms with Crippen LogP contribution in [0.15, 0.2) is 18.2 Å². The number of hydrogen-bond donors (Lipinski definition) is 2. The zero-order valence-corrected chi connectivity index (χ0v) is 13.4. The van der Waals surface area contributed by atoms with E-state index in [0.29, 0.717) is 24.6 Å². The van der Waals surface area contributed by atoms with E-state index in [9.17, 15) is 9.18 Å². The summed E-state index contributed by atoms with van der Waals surface area (Å²) < 4.78 is 14.0. The number of halogens is 1. The molecule has 0 aliphatic heterocycles. The second-order valence-corrected chi connectivity index (χ2v) is 5.57. The minimum atomic E-state index is -0.247. The number of benzene rings is 1. The lowest BCUT2D eigenvalue weighted by molar-refractivity contribution is -0.119. The molecule has 0 fully saturated rings. The van der Waals surface area contributed by atoms with Crippen LogP contribution in [-0.4, -0.2) is 32.6 Å². The molecule has 0 aromatic heterocycles. The monoisotopic (exact) mass is 295 g/mol. The molecular formula is C16H26FN3O. The van der Waals surface area contributed by atoms with Gasteiger partial charge >= 0.3 is 0 Å². The van der Waals surface area contributed by atoms with Gasteiger partial charge in [-0.3, -0.25) is 4.79 Å². The first kappa shape index (κ1) is 17.4. The fourth-order valence-electron chi connectivity index (χ4n) is 2.00. The van der Waals surface area contributed by atoms with Gasteiger partial charge in [-0.2, -0.15) is 0 Å². The van der Waals surface area contributed by atoms with E-state index >= 15 is 0 Å². The van der Waals surface area contributed by atoms with Crippen LogP contribution in [-0.2, 0) is 11.3 Å². The molecular weight excluding hydrogens is 269 g/mol. The van der Waals surface area contributed by atoms with Gasteiger partial charge in [0.1, 0.15) is 5.82 Å². The zero-order valence-electron chi connectivity index (χ0n) is 13.4. The summed E-state index contributed by atoms with van der Waals surface area (Å²) in [7, 11) is 1.80. The van der Waals surface area contributed by atoms with Gasteiger partial charge < -0.3 is 15.5 Å². The number of anilines is 1. The predicted molar refractivity (Wildman–Crippen MR) is 84.9 cm³/mol. The summed E-state index contributed by atoms with van der Waals surface area (Å²) in [4.78, 5) is 13.7. The molecule has 0 spiro atoms. The summed E-state index contributed by atoms with van der Waals surface area (Å²) in [6.07, 6.45) is 0. The third-order valence-electron chi connectivity index (χ3n) is 3.15. The first-order valence-electron chi connectivity index (χ1n) is 7.41. The highest BCUT2D eigenvalue weighted by molar-refractivity contribution is 5.81. The number of rotatable bonds is 8. The van der Waals surface area contributed by atoms with Crippen molar-refractivity contribution in [1.82, 2.24) is 10.6 Å². The van der Waals surface area contributed by atoms with Gasteiger partial charge in [0.25, 0.3) is 0 Å². The number of amides is 1. The van der Waals surface area contributed by atoms with Crippen molar-refractivity contribution in [3.8, 4) is 0 Å². The molecule has 0 radical (unpaired) electrons. The summed E-state index contributed by atoms with van der Waals surface area (Å²) in [5, 5.41) is 6.00. The Morgan fingerprint density at radius 1 is 1.38 bits per heavy atom. The molecule has 21 heavy (non-hydrogen) atoms. The molecule has 118 valence electrons. The van der Waals surface area contributed by atoms with Crippen LogP contribution in [0.5, 0.6) is 0 Å². The van der Waals surface area contributed by atoms with Crippen molar-refractivity contribution in [3.63, 3.8) is 0 Å². The Labute approximate surface area is 126 Å². The van der Waals surface area contributed by atoms with Crippen molar-refractivity contribution >= 4 is 11.6 Å². The lowest BCUT2D eigenvalue weighted by Crippen LogP contribution is -2.37. The van der Waals surface area contributed by atoms with E-state index in [1.165, 1.54) is 6.07 Å². The van der Waals surface area contributed by atoms with Crippen LogP contribution in [0.1, 0.15) is 26.3 Å². The first-order valence-corrected chi connectivity index (χ1v) is 7.41. The largest absolute Gasteiger partial charge is 0.365 e. The second-order valence-electron chi connectivity index (χ2n) is 5.57. The summed E-state index contributed by atoms with van der Waals surface area (Å²) in [5.74, 6) is 0.116. The van der Waals surface area contributed by atoms with Gasteiger partial charge in [-0.25, -0.2) is 4.39 Å². The number of likely N-dealkylation sites (N-methyl/N-ethyl adjacent to an activating group) is 1. The summed E-state index contributed by atoms with van der Waals surface area (Å²) in [6, 6.07) is 4.96. The fraction of sp³-hybridized carbons (Fsp3) is 0.562. The van der Waals surface area contributed by atoms with Crippen LogP contribution in [0.3, 0.4) is 0 Å². The average Bonchev–Trinajstić information content (AvgIpc) is 2.43. The lowest BCUT2D eigenvalue weighted by atomic mass is 10.1. The van der Waals surface area contributed by atoms with Gasteiger partial charge in [0.05, 0.1) is 6.54 Å². The summed E-state index contributed by atoms with van der Waals surface area (Å²) in [6.45, 7) is 8.16. The van der Waals surface area contributed by atoms with E-state index in [0.717, 1.165) is 12.2 Å². The number of nitrogens with one attached hydrogen (secondary N) is 2. The van der Waals surface area contributed by atoms with E-state index in [2.05, 4.69) is 10.6 Å². The Kier molecular flexibility index (Phi) is 7.15. The maximum Gasteiger partial charge on any atom is 0.239 e. The predicted octanol–water partition coefficient (Wildman–Crippen LogP) is 2.14. The lowest BCUT2D eigenvalue weighted by Gasteiger charge is -2.22. The molecule has 0 atom stereocenters. The normalized spacial score (nSPS) is 10.8. The van der Waals surface area contributed by atoms with Crippen molar-refractivity contribution in [2.75, 3.05) is 31.6 Å². The molecule has 0 saturated heterocycles. The van der Waals surface area contributed by atoms with Crippen LogP contribution in [0.25, 0.3) is 0 Å². The molecule has 1 rings (SSSR count). The first-order chi connectivity index (χ1) is 9.95. The van der Waals surface area contributed by atoms with E-state index in [1.807, 2.05) is 26.8 Å². The molecule has 0 bridgehead atoms. The second kappa shape index (κ2) is 8.62. The average molecular weight is 295 g/mol. The van der Waals surface area contributed by atoms with E-state index in [-0.39, 0.29) is 18.3 Å². The van der Waals surface area contributed by atoms with Crippen LogP contribution in [0.4, 0.5) is 10.1 Å². The SMILES string of the molecule is CCNCc1c(F)cccc1N(C)CC(=O)NCC(C)C. The van der Waals surface area contributed by atoms with Crippen molar-refractivity contribution < 1.29 is 9.18 Å². The molecule has 1 aromatic carbocycles. The molecule has 5 heteroatoms. The third kappa shape index (κ3) is 5.71. The Balaban J connectivity index is 2.74.